The maximum atomic E-state index is 5.38. The Bertz CT molecular complexity index is 685. The first-order valence-electron chi connectivity index (χ1n) is 5.69. The lowest BCUT2D eigenvalue weighted by molar-refractivity contribution is 0.420. The first-order chi connectivity index (χ1) is 8.79. The standard InChI is InChI=1S/C15H12INO/c1-18-15-4-2-3-14-13(15)9-10-17(14)12-7-5-11(16)6-8-12/h2-10H,1H3. The Morgan fingerprint density at radius 1 is 1.00 bits per heavy atom. The summed E-state index contributed by atoms with van der Waals surface area (Å²) in [5.74, 6) is 0.914. The van der Waals surface area contributed by atoms with Crippen LogP contribution in [0.4, 0.5) is 0 Å². The van der Waals surface area contributed by atoms with Gasteiger partial charge in [-0.25, -0.2) is 0 Å². The fraction of sp³-hybridized carbons (Fsp3) is 0.0667. The summed E-state index contributed by atoms with van der Waals surface area (Å²) in [6.45, 7) is 0. The smallest absolute Gasteiger partial charge is 0.128 e. The second-order valence-electron chi connectivity index (χ2n) is 4.06. The van der Waals surface area contributed by atoms with Crippen molar-refractivity contribution in [3.05, 3.63) is 58.3 Å². The molecular weight excluding hydrogens is 337 g/mol. The lowest BCUT2D eigenvalue weighted by Gasteiger charge is -2.07. The van der Waals surface area contributed by atoms with E-state index in [9.17, 15) is 0 Å². The number of rotatable bonds is 2. The van der Waals surface area contributed by atoms with Gasteiger partial charge < -0.3 is 9.30 Å². The van der Waals surface area contributed by atoms with Crippen LogP contribution in [0.1, 0.15) is 0 Å². The molecule has 0 bridgehead atoms. The number of hydrogen-bond donors (Lipinski definition) is 0. The van der Waals surface area contributed by atoms with Crippen LogP contribution < -0.4 is 4.74 Å². The van der Waals surface area contributed by atoms with E-state index in [0.717, 1.165) is 16.7 Å². The molecule has 0 aliphatic rings. The predicted octanol–water partition coefficient (Wildman–Crippen LogP) is 4.24. The Morgan fingerprint density at radius 3 is 2.50 bits per heavy atom. The Morgan fingerprint density at radius 2 is 1.78 bits per heavy atom. The largest absolute Gasteiger partial charge is 0.496 e. The second kappa shape index (κ2) is 4.65. The number of halogens is 1. The van der Waals surface area contributed by atoms with Crippen molar-refractivity contribution in [3.8, 4) is 11.4 Å². The van der Waals surface area contributed by atoms with Crippen LogP contribution in [-0.2, 0) is 0 Å². The van der Waals surface area contributed by atoms with E-state index in [1.807, 2.05) is 12.1 Å². The molecule has 3 aromatic rings. The Kier molecular flexibility index (Phi) is 2.99. The minimum atomic E-state index is 0.914. The molecule has 0 aliphatic heterocycles. The topological polar surface area (TPSA) is 14.2 Å². The minimum Gasteiger partial charge on any atom is -0.496 e. The maximum absolute atomic E-state index is 5.38. The average Bonchev–Trinajstić information content (AvgIpc) is 2.83. The van der Waals surface area contributed by atoms with E-state index in [0.29, 0.717) is 0 Å². The molecule has 0 saturated heterocycles. The molecule has 0 amide bonds. The summed E-state index contributed by atoms with van der Waals surface area (Å²) in [7, 11) is 1.71. The van der Waals surface area contributed by atoms with Gasteiger partial charge in [-0.3, -0.25) is 0 Å². The van der Waals surface area contributed by atoms with Crippen LogP contribution in [0.3, 0.4) is 0 Å². The molecule has 1 aromatic heterocycles. The zero-order chi connectivity index (χ0) is 12.5. The van der Waals surface area contributed by atoms with Gasteiger partial charge in [0, 0.05) is 20.8 Å². The normalized spacial score (nSPS) is 10.8. The third-order valence-corrected chi connectivity index (χ3v) is 3.74. The van der Waals surface area contributed by atoms with Crippen molar-refractivity contribution in [3.63, 3.8) is 0 Å². The van der Waals surface area contributed by atoms with Gasteiger partial charge in [0.25, 0.3) is 0 Å². The van der Waals surface area contributed by atoms with Crippen molar-refractivity contribution >= 4 is 33.5 Å². The number of benzene rings is 2. The molecule has 0 saturated carbocycles. The van der Waals surface area contributed by atoms with Gasteiger partial charge in [0.05, 0.1) is 12.6 Å². The molecule has 0 radical (unpaired) electrons. The van der Waals surface area contributed by atoms with Gasteiger partial charge >= 0.3 is 0 Å². The highest BCUT2D eigenvalue weighted by molar-refractivity contribution is 14.1. The van der Waals surface area contributed by atoms with Gasteiger partial charge in [-0.05, 0) is 65.1 Å². The van der Waals surface area contributed by atoms with Crippen LogP contribution in [0.15, 0.2) is 54.7 Å². The van der Waals surface area contributed by atoms with Gasteiger partial charge in [-0.2, -0.15) is 0 Å². The van der Waals surface area contributed by atoms with E-state index in [1.54, 1.807) is 7.11 Å². The molecule has 1 heterocycles. The fourth-order valence-electron chi connectivity index (χ4n) is 2.14. The lowest BCUT2D eigenvalue weighted by atomic mass is 10.2. The summed E-state index contributed by atoms with van der Waals surface area (Å²) in [4.78, 5) is 0. The first-order valence-corrected chi connectivity index (χ1v) is 6.77. The van der Waals surface area contributed by atoms with Crippen LogP contribution >= 0.6 is 22.6 Å². The predicted molar refractivity (Wildman–Crippen MR) is 82.5 cm³/mol. The third-order valence-electron chi connectivity index (χ3n) is 3.02. The number of ether oxygens (including phenoxy) is 1. The van der Waals surface area contributed by atoms with Crippen molar-refractivity contribution in [2.45, 2.75) is 0 Å². The fourth-order valence-corrected chi connectivity index (χ4v) is 2.50. The second-order valence-corrected chi connectivity index (χ2v) is 5.30. The summed E-state index contributed by atoms with van der Waals surface area (Å²) in [6.07, 6.45) is 2.08. The van der Waals surface area contributed by atoms with Crippen molar-refractivity contribution in [1.29, 1.82) is 0 Å². The Labute approximate surface area is 119 Å². The summed E-state index contributed by atoms with van der Waals surface area (Å²) in [6, 6.07) is 16.7. The molecule has 0 atom stereocenters. The van der Waals surface area contributed by atoms with Crippen LogP contribution in [0.2, 0.25) is 0 Å². The van der Waals surface area contributed by atoms with Crippen LogP contribution in [-0.4, -0.2) is 11.7 Å². The first kappa shape index (κ1) is 11.6. The number of hydrogen-bond acceptors (Lipinski definition) is 1. The van der Waals surface area contributed by atoms with Crippen LogP contribution in [0.25, 0.3) is 16.6 Å². The highest BCUT2D eigenvalue weighted by Gasteiger charge is 2.06. The average molecular weight is 349 g/mol. The molecule has 2 aromatic carbocycles. The molecule has 0 fully saturated rings. The monoisotopic (exact) mass is 349 g/mol. The van der Waals surface area contributed by atoms with E-state index < -0.39 is 0 Å². The zero-order valence-corrected chi connectivity index (χ0v) is 12.1. The van der Waals surface area contributed by atoms with Crippen molar-refractivity contribution in [1.82, 2.24) is 4.57 Å². The van der Waals surface area contributed by atoms with Gasteiger partial charge in [0.15, 0.2) is 0 Å². The quantitative estimate of drug-likeness (QED) is 0.631. The summed E-state index contributed by atoms with van der Waals surface area (Å²) in [5, 5.41) is 1.14. The molecule has 0 spiro atoms. The van der Waals surface area contributed by atoms with E-state index in [-0.39, 0.29) is 0 Å². The molecule has 2 nitrogen and oxygen atoms in total. The van der Waals surface area contributed by atoms with Crippen molar-refractivity contribution < 1.29 is 4.74 Å². The highest BCUT2D eigenvalue weighted by Crippen LogP contribution is 2.28. The third kappa shape index (κ3) is 1.88. The molecule has 18 heavy (non-hydrogen) atoms. The summed E-state index contributed by atoms with van der Waals surface area (Å²) < 4.78 is 8.80. The SMILES string of the molecule is COc1cccc2c1ccn2-c1ccc(I)cc1. The molecular formula is C15H12INO. The Hall–Kier alpha value is -1.49. The van der Waals surface area contributed by atoms with E-state index in [4.69, 9.17) is 4.74 Å². The summed E-state index contributed by atoms with van der Waals surface area (Å²) >= 11 is 2.31. The van der Waals surface area contributed by atoms with E-state index in [1.165, 1.54) is 9.26 Å². The van der Waals surface area contributed by atoms with Gasteiger partial charge in [0.1, 0.15) is 5.75 Å². The van der Waals surface area contributed by atoms with Gasteiger partial charge in [-0.1, -0.05) is 6.07 Å². The maximum Gasteiger partial charge on any atom is 0.128 e. The van der Waals surface area contributed by atoms with Crippen molar-refractivity contribution in [2.75, 3.05) is 7.11 Å². The Balaban J connectivity index is 2.21. The van der Waals surface area contributed by atoms with E-state index in [2.05, 4.69) is 69.8 Å². The van der Waals surface area contributed by atoms with Gasteiger partial charge in [-0.15, -0.1) is 0 Å². The van der Waals surface area contributed by atoms with Crippen LogP contribution in [0.5, 0.6) is 5.75 Å². The molecule has 3 rings (SSSR count). The summed E-state index contributed by atoms with van der Waals surface area (Å²) in [5.41, 5.74) is 2.33. The highest BCUT2D eigenvalue weighted by atomic mass is 127. The zero-order valence-electron chi connectivity index (χ0n) is 9.93. The molecule has 3 heteroatoms. The van der Waals surface area contributed by atoms with Crippen molar-refractivity contribution in [2.24, 2.45) is 0 Å². The lowest BCUT2D eigenvalue weighted by Crippen LogP contribution is -1.91. The molecule has 0 unspecified atom stereocenters. The number of nitrogens with zero attached hydrogens (tertiary/aromatic N) is 1. The van der Waals surface area contributed by atoms with Crippen LogP contribution in [0, 0.1) is 3.57 Å². The van der Waals surface area contributed by atoms with E-state index >= 15 is 0 Å². The number of methoxy groups -OCH3 is 1. The molecule has 0 aliphatic carbocycles. The number of fused-ring (bicyclic) bond motifs is 1. The minimum absolute atomic E-state index is 0.914. The number of aromatic nitrogens is 1. The molecule has 0 N–H and O–H groups in total. The molecule has 90 valence electrons. The van der Waals surface area contributed by atoms with Gasteiger partial charge in [0.2, 0.25) is 0 Å².